The van der Waals surface area contributed by atoms with Gasteiger partial charge in [-0.15, -0.1) is 0 Å². The van der Waals surface area contributed by atoms with Crippen LogP contribution in [0.2, 0.25) is 0 Å². The Bertz CT molecular complexity index is 122. The van der Waals surface area contributed by atoms with Crippen molar-refractivity contribution in [3.8, 4) is 0 Å². The molecule has 8 heteroatoms. The van der Waals surface area contributed by atoms with Gasteiger partial charge in [0.25, 0.3) is 6.47 Å². The van der Waals surface area contributed by atoms with E-state index in [2.05, 4.69) is 0 Å². The van der Waals surface area contributed by atoms with Gasteiger partial charge in [-0.3, -0.25) is 4.79 Å². The van der Waals surface area contributed by atoms with Crippen LogP contribution in [0.4, 0.5) is 13.2 Å². The van der Waals surface area contributed by atoms with E-state index < -0.39 is 12.1 Å². The lowest BCUT2D eigenvalue weighted by Gasteiger charge is -1.93. The zero-order valence-electron chi connectivity index (χ0n) is 5.13. The Morgan fingerprint density at radius 3 is 1.45 bits per heavy atom. The maximum atomic E-state index is 10.6. The first kappa shape index (κ1) is 16.3. The Morgan fingerprint density at radius 2 is 1.45 bits per heavy atom. The highest BCUT2D eigenvalue weighted by molar-refractivity contribution is 5.73. The van der Waals surface area contributed by atoms with Gasteiger partial charge in [-0.05, 0) is 0 Å². The summed E-state index contributed by atoms with van der Waals surface area (Å²) in [5, 5.41) is 14.0. The largest absolute Gasteiger partial charge is 0.490 e. The molecule has 0 saturated carbocycles. The predicted molar refractivity (Wildman–Crippen MR) is 27.4 cm³/mol. The van der Waals surface area contributed by atoms with Crippen molar-refractivity contribution in [2.24, 2.45) is 0 Å². The molecule has 0 aromatic carbocycles. The number of rotatable bonds is 0. The van der Waals surface area contributed by atoms with Crippen molar-refractivity contribution in [2.45, 2.75) is 6.18 Å². The van der Waals surface area contributed by atoms with Gasteiger partial charge in [0.2, 0.25) is 0 Å². The van der Waals surface area contributed by atoms with E-state index >= 15 is 0 Å². The molecule has 0 aromatic rings. The molecule has 5 N–H and O–H groups in total. The summed E-state index contributed by atoms with van der Waals surface area (Å²) in [6.07, 6.45) is -5.08. The Balaban J connectivity index is -0.000000140. The molecule has 0 unspecified atom stereocenters. The molecule has 0 aliphatic carbocycles. The van der Waals surface area contributed by atoms with Crippen molar-refractivity contribution in [3.63, 3.8) is 0 Å². The molecule has 0 aromatic heterocycles. The molecule has 0 radical (unpaired) electrons. The number of halogens is 3. The fourth-order valence-corrected chi connectivity index (χ4v) is 0. The highest BCUT2D eigenvalue weighted by Crippen LogP contribution is 2.13. The fourth-order valence-electron chi connectivity index (χ4n) is 0. The van der Waals surface area contributed by atoms with E-state index in [1.165, 1.54) is 0 Å². The van der Waals surface area contributed by atoms with E-state index in [0.29, 0.717) is 0 Å². The Labute approximate surface area is 59.0 Å². The van der Waals surface area contributed by atoms with Gasteiger partial charge in [-0.1, -0.05) is 0 Å². The molecular formula is C3H6F3NO4. The van der Waals surface area contributed by atoms with Gasteiger partial charge in [0.15, 0.2) is 0 Å². The lowest BCUT2D eigenvalue weighted by Crippen LogP contribution is -2.21. The van der Waals surface area contributed by atoms with E-state index in [0.717, 1.165) is 0 Å². The van der Waals surface area contributed by atoms with Crippen molar-refractivity contribution in [3.05, 3.63) is 0 Å². The molecule has 0 aliphatic rings. The number of hydrogen-bond donors (Lipinski definition) is 3. The van der Waals surface area contributed by atoms with Crippen LogP contribution in [-0.2, 0) is 9.59 Å². The van der Waals surface area contributed by atoms with E-state index in [9.17, 15) is 13.2 Å². The van der Waals surface area contributed by atoms with Gasteiger partial charge in [0.1, 0.15) is 0 Å². The lowest BCUT2D eigenvalue weighted by molar-refractivity contribution is -0.192. The molecular weight excluding hydrogens is 171 g/mol. The Morgan fingerprint density at radius 1 is 1.36 bits per heavy atom. The first-order valence-corrected chi connectivity index (χ1v) is 1.74. The predicted octanol–water partition coefficient (Wildman–Crippen LogP) is 0.496. The first-order valence-electron chi connectivity index (χ1n) is 1.74. The molecule has 0 saturated heterocycles. The molecule has 0 rings (SSSR count). The second-order valence-corrected chi connectivity index (χ2v) is 0.908. The Hall–Kier alpha value is -1.31. The zero-order chi connectivity index (χ0) is 8.78. The molecule has 0 fully saturated rings. The van der Waals surface area contributed by atoms with Crippen molar-refractivity contribution in [1.82, 2.24) is 6.15 Å². The number of carbonyl (C=O) groups is 2. The van der Waals surface area contributed by atoms with Crippen LogP contribution < -0.4 is 6.15 Å². The average Bonchev–Trinajstić information content (AvgIpc) is 1.64. The van der Waals surface area contributed by atoms with Crippen LogP contribution in [0.1, 0.15) is 0 Å². The van der Waals surface area contributed by atoms with Crippen LogP contribution in [0, 0.1) is 0 Å². The number of carboxylic acids is 1. The molecule has 0 heterocycles. The summed E-state index contributed by atoms with van der Waals surface area (Å²) in [5.74, 6) is -2.76. The van der Waals surface area contributed by atoms with E-state index in [1.54, 1.807) is 0 Å². The molecule has 11 heavy (non-hydrogen) atoms. The standard InChI is InChI=1S/C2HF3O2.CH2O2.H3N/c3-2(4,5)1(6)7;2-1-3;/h(H,6,7);1H,(H,2,3);1H3. The maximum Gasteiger partial charge on any atom is 0.490 e. The number of aliphatic carboxylic acids is 1. The fraction of sp³-hybridized carbons (Fsp3) is 0.333. The Kier molecular flexibility index (Phi) is 10.1. The minimum Gasteiger partial charge on any atom is -0.483 e. The highest BCUT2D eigenvalue weighted by Gasteiger charge is 2.38. The van der Waals surface area contributed by atoms with Gasteiger partial charge in [-0.25, -0.2) is 4.79 Å². The molecule has 0 spiro atoms. The molecule has 0 bridgehead atoms. The van der Waals surface area contributed by atoms with Gasteiger partial charge in [0.05, 0.1) is 0 Å². The summed E-state index contributed by atoms with van der Waals surface area (Å²) >= 11 is 0. The molecule has 5 nitrogen and oxygen atoms in total. The quantitative estimate of drug-likeness (QED) is 0.466. The van der Waals surface area contributed by atoms with Crippen LogP contribution in [0.15, 0.2) is 0 Å². The van der Waals surface area contributed by atoms with Gasteiger partial charge in [0, 0.05) is 0 Å². The van der Waals surface area contributed by atoms with Crippen LogP contribution in [-0.4, -0.2) is 28.8 Å². The second-order valence-electron chi connectivity index (χ2n) is 0.908. The van der Waals surface area contributed by atoms with Crippen molar-refractivity contribution in [2.75, 3.05) is 0 Å². The molecule has 0 atom stereocenters. The summed E-state index contributed by atoms with van der Waals surface area (Å²) in [6.45, 7) is -0.250. The normalized spacial score (nSPS) is 8.27. The molecule has 68 valence electrons. The minimum atomic E-state index is -5.08. The summed E-state index contributed by atoms with van der Waals surface area (Å²) in [7, 11) is 0. The second kappa shape index (κ2) is 6.81. The van der Waals surface area contributed by atoms with Crippen molar-refractivity contribution in [1.29, 1.82) is 0 Å². The summed E-state index contributed by atoms with van der Waals surface area (Å²) in [6, 6.07) is 0. The average molecular weight is 177 g/mol. The number of carboxylic acid groups (broad SMARTS) is 2. The number of alkyl halides is 3. The van der Waals surface area contributed by atoms with Crippen LogP contribution >= 0.6 is 0 Å². The van der Waals surface area contributed by atoms with Crippen molar-refractivity contribution < 1.29 is 33.0 Å². The van der Waals surface area contributed by atoms with Gasteiger partial charge in [-0.2, -0.15) is 13.2 Å². The van der Waals surface area contributed by atoms with Gasteiger partial charge >= 0.3 is 12.1 Å². The lowest BCUT2D eigenvalue weighted by atomic mass is 10.7. The molecule has 0 amide bonds. The zero-order valence-corrected chi connectivity index (χ0v) is 5.13. The van der Waals surface area contributed by atoms with E-state index in [1.807, 2.05) is 0 Å². The van der Waals surface area contributed by atoms with Crippen LogP contribution in [0.5, 0.6) is 0 Å². The van der Waals surface area contributed by atoms with E-state index in [-0.39, 0.29) is 12.6 Å². The highest BCUT2D eigenvalue weighted by atomic mass is 19.4. The monoisotopic (exact) mass is 177 g/mol. The summed E-state index contributed by atoms with van der Waals surface area (Å²) < 4.78 is 31.7. The van der Waals surface area contributed by atoms with Crippen LogP contribution in [0.25, 0.3) is 0 Å². The smallest absolute Gasteiger partial charge is 0.483 e. The maximum absolute atomic E-state index is 10.6. The summed E-state index contributed by atoms with van der Waals surface area (Å²) in [4.78, 5) is 17.3. The van der Waals surface area contributed by atoms with Crippen LogP contribution in [0.3, 0.4) is 0 Å². The SMILES string of the molecule is N.O=C(O)C(F)(F)F.O=CO. The minimum absolute atomic E-state index is 0. The third-order valence-corrected chi connectivity index (χ3v) is 0.243. The van der Waals surface area contributed by atoms with Crippen molar-refractivity contribution >= 4 is 12.4 Å². The summed E-state index contributed by atoms with van der Waals surface area (Å²) in [5.41, 5.74) is 0. The first-order chi connectivity index (χ1) is 4.36. The topological polar surface area (TPSA) is 110 Å². The third-order valence-electron chi connectivity index (χ3n) is 0.243. The molecule has 0 aliphatic heterocycles. The third kappa shape index (κ3) is 17.7. The van der Waals surface area contributed by atoms with E-state index in [4.69, 9.17) is 19.8 Å². The number of hydrogen-bond acceptors (Lipinski definition) is 3. The van der Waals surface area contributed by atoms with Gasteiger partial charge < -0.3 is 16.4 Å².